The third-order valence-corrected chi connectivity index (χ3v) is 11.7. The van der Waals surface area contributed by atoms with Crippen molar-refractivity contribution in [3.8, 4) is 0 Å². The summed E-state index contributed by atoms with van der Waals surface area (Å²) in [6, 6.07) is 14.5. The normalized spacial score (nSPS) is 12.0. The van der Waals surface area contributed by atoms with Gasteiger partial charge in [-0.05, 0) is 84.0 Å². The first kappa shape index (κ1) is 51.3. The van der Waals surface area contributed by atoms with Gasteiger partial charge in [0.05, 0.1) is 32.5 Å². The van der Waals surface area contributed by atoms with Gasteiger partial charge in [-0.15, -0.1) is 23.5 Å². The lowest BCUT2D eigenvalue weighted by Gasteiger charge is -2.26. The van der Waals surface area contributed by atoms with Crippen LogP contribution in [0.5, 0.6) is 0 Å². The number of aliphatic imine (C=N–C) groups is 2. The molecule has 18 heteroatoms. The van der Waals surface area contributed by atoms with Crippen molar-refractivity contribution in [3.05, 3.63) is 70.8 Å². The standard InChI is InChI=1S/C44H68N12O4S2/c1-43(2,3)29-23-31(53-35(57)14-7-9-18-51-41(47)48)37(61-20-16-45)33(25-29)55-39(59)27-12-11-13-28(22-27)40(60)56-34-26-30(44(4,5)6)24-32(38(34)62-21-17-46)54-36(58)15-8-10-19-52-42(49)50/h11-13,22-26,39,55,59H,7-10,14-21,45-46H2,1-6H3,(H,53,57)(H,54,58)(H,56,60)(H4,47,48,51)(H4,49,50,52). The number of rotatable bonds is 23. The minimum absolute atomic E-state index is 0.0144. The van der Waals surface area contributed by atoms with Crippen molar-refractivity contribution in [3.63, 3.8) is 0 Å². The fourth-order valence-corrected chi connectivity index (χ4v) is 7.77. The summed E-state index contributed by atoms with van der Waals surface area (Å²) in [6.45, 7) is 14.0. The predicted octanol–water partition coefficient (Wildman–Crippen LogP) is 5.50. The van der Waals surface area contributed by atoms with E-state index >= 15 is 0 Å². The van der Waals surface area contributed by atoms with Crippen LogP contribution in [0.25, 0.3) is 0 Å². The molecule has 3 aromatic carbocycles. The molecule has 0 saturated heterocycles. The van der Waals surface area contributed by atoms with E-state index < -0.39 is 12.1 Å². The van der Waals surface area contributed by atoms with Crippen molar-refractivity contribution in [2.24, 2.45) is 44.4 Å². The number of amides is 3. The molecule has 1 atom stereocenters. The first-order valence-electron chi connectivity index (χ1n) is 20.8. The van der Waals surface area contributed by atoms with E-state index in [1.807, 2.05) is 24.3 Å². The highest BCUT2D eigenvalue weighted by atomic mass is 32.2. The zero-order chi connectivity index (χ0) is 46.0. The smallest absolute Gasteiger partial charge is 0.255 e. The molecule has 0 spiro atoms. The number of hydrogen-bond acceptors (Lipinski definition) is 11. The molecule has 17 N–H and O–H groups in total. The number of hydrogen-bond donors (Lipinski definition) is 11. The highest BCUT2D eigenvalue weighted by Gasteiger charge is 2.24. The number of thioether (sulfide) groups is 2. The Morgan fingerprint density at radius 1 is 0.645 bits per heavy atom. The summed E-state index contributed by atoms with van der Waals surface area (Å²) in [7, 11) is 0. The van der Waals surface area contributed by atoms with E-state index in [1.165, 1.54) is 23.5 Å². The topological polar surface area (TPSA) is 300 Å². The minimum Gasteiger partial charge on any atom is -0.370 e. The van der Waals surface area contributed by atoms with Crippen LogP contribution in [0.1, 0.15) is 113 Å². The van der Waals surface area contributed by atoms with E-state index in [-0.39, 0.29) is 47.4 Å². The van der Waals surface area contributed by atoms with Crippen LogP contribution in [-0.4, -0.2) is 72.4 Å². The van der Waals surface area contributed by atoms with Crippen molar-refractivity contribution in [1.82, 2.24) is 0 Å². The summed E-state index contributed by atoms with van der Waals surface area (Å²) in [6.07, 6.45) is 1.78. The van der Waals surface area contributed by atoms with E-state index in [0.717, 1.165) is 16.0 Å². The number of unbranched alkanes of at least 4 members (excludes halogenated alkanes) is 2. The maximum atomic E-state index is 14.1. The maximum absolute atomic E-state index is 14.1. The van der Waals surface area contributed by atoms with Crippen LogP contribution in [0.3, 0.4) is 0 Å². The van der Waals surface area contributed by atoms with Gasteiger partial charge in [0.15, 0.2) is 18.1 Å². The quantitative estimate of drug-likeness (QED) is 0.0184. The highest BCUT2D eigenvalue weighted by molar-refractivity contribution is 7.99. The Bertz CT molecular complexity index is 2040. The lowest BCUT2D eigenvalue weighted by atomic mass is 9.86. The summed E-state index contributed by atoms with van der Waals surface area (Å²) in [5.41, 5.74) is 37.8. The van der Waals surface area contributed by atoms with Crippen LogP contribution in [0.15, 0.2) is 68.3 Å². The SMILES string of the molecule is CC(C)(C)c1cc(NC(=O)CCCCN=C(N)N)c(SCCN)c(NC(=O)c2cccc(C(O)Nc3cc(C(C)(C)C)cc(NC(=O)CCCCN=C(N)N)c3SCCN)c2)c1. The molecular formula is C44H68N12O4S2. The largest absolute Gasteiger partial charge is 0.370 e. The molecule has 340 valence electrons. The van der Waals surface area contributed by atoms with Crippen molar-refractivity contribution in [1.29, 1.82) is 0 Å². The van der Waals surface area contributed by atoms with Crippen LogP contribution in [-0.2, 0) is 20.4 Å². The second-order valence-electron chi connectivity index (χ2n) is 16.8. The maximum Gasteiger partial charge on any atom is 0.255 e. The van der Waals surface area contributed by atoms with Crippen molar-refractivity contribution >= 4 is 75.9 Å². The van der Waals surface area contributed by atoms with Gasteiger partial charge in [0, 0.05) is 61.7 Å². The predicted molar refractivity (Wildman–Crippen MR) is 259 cm³/mol. The van der Waals surface area contributed by atoms with E-state index in [9.17, 15) is 19.5 Å². The Labute approximate surface area is 375 Å². The third kappa shape index (κ3) is 17.0. The van der Waals surface area contributed by atoms with E-state index in [4.69, 9.17) is 34.4 Å². The molecule has 0 aliphatic carbocycles. The zero-order valence-electron chi connectivity index (χ0n) is 37.0. The molecule has 3 rings (SSSR count). The molecule has 0 radical (unpaired) electrons. The summed E-state index contributed by atoms with van der Waals surface area (Å²) in [5, 5.41) is 24.2. The number of anilines is 4. The molecule has 62 heavy (non-hydrogen) atoms. The summed E-state index contributed by atoms with van der Waals surface area (Å²) in [4.78, 5) is 49.8. The summed E-state index contributed by atoms with van der Waals surface area (Å²) in [5.74, 6) is 0.386. The Morgan fingerprint density at radius 3 is 1.52 bits per heavy atom. The summed E-state index contributed by atoms with van der Waals surface area (Å²) >= 11 is 2.90. The number of nitrogens with two attached hydrogens (primary N) is 6. The van der Waals surface area contributed by atoms with Gasteiger partial charge >= 0.3 is 0 Å². The highest BCUT2D eigenvalue weighted by Crippen LogP contribution is 2.42. The molecule has 0 aliphatic heterocycles. The Hall–Kier alpha value is -5.01. The molecule has 0 aromatic heterocycles. The Balaban J connectivity index is 1.95. The Morgan fingerprint density at radius 2 is 1.08 bits per heavy atom. The van der Waals surface area contributed by atoms with Crippen LogP contribution in [0.4, 0.5) is 22.7 Å². The molecule has 0 heterocycles. The average Bonchev–Trinajstić information content (AvgIpc) is 3.18. The number of nitrogens with zero attached hydrogens (tertiary/aromatic N) is 2. The van der Waals surface area contributed by atoms with Gasteiger partial charge in [-0.2, -0.15) is 0 Å². The number of aliphatic hydroxyl groups excluding tert-OH is 1. The number of benzene rings is 3. The van der Waals surface area contributed by atoms with Gasteiger partial charge < -0.3 is 60.8 Å². The van der Waals surface area contributed by atoms with Gasteiger partial charge in [-0.1, -0.05) is 53.7 Å². The number of nitrogens with one attached hydrogen (secondary N) is 4. The van der Waals surface area contributed by atoms with E-state index in [2.05, 4.69) is 72.8 Å². The van der Waals surface area contributed by atoms with Crippen molar-refractivity contribution in [2.75, 3.05) is 59.0 Å². The lowest BCUT2D eigenvalue weighted by Crippen LogP contribution is -2.23. The van der Waals surface area contributed by atoms with Gasteiger partial charge in [-0.25, -0.2) is 0 Å². The first-order valence-corrected chi connectivity index (χ1v) is 22.8. The molecule has 0 fully saturated rings. The number of carbonyl (C=O) groups is 3. The first-order chi connectivity index (χ1) is 29.2. The van der Waals surface area contributed by atoms with Crippen LogP contribution >= 0.6 is 23.5 Å². The van der Waals surface area contributed by atoms with Crippen molar-refractivity contribution in [2.45, 2.75) is 107 Å². The number of guanidine groups is 2. The van der Waals surface area contributed by atoms with Crippen LogP contribution in [0.2, 0.25) is 0 Å². The van der Waals surface area contributed by atoms with Gasteiger partial charge in [0.2, 0.25) is 11.8 Å². The second kappa shape index (κ2) is 24.6. The fraction of sp³-hybridized carbons (Fsp3) is 0.477. The lowest BCUT2D eigenvalue weighted by molar-refractivity contribution is -0.117. The van der Waals surface area contributed by atoms with E-state index in [1.54, 1.807) is 24.3 Å². The molecule has 0 bridgehead atoms. The Kier molecular flexibility index (Phi) is 20.4. The third-order valence-electron chi connectivity index (χ3n) is 9.40. The number of aliphatic hydroxyl groups is 1. The molecule has 16 nitrogen and oxygen atoms in total. The molecule has 0 saturated carbocycles. The molecule has 3 amide bonds. The van der Waals surface area contributed by atoms with Crippen LogP contribution in [0, 0.1) is 0 Å². The molecular weight excluding hydrogens is 825 g/mol. The van der Waals surface area contributed by atoms with Crippen LogP contribution < -0.4 is 55.7 Å². The zero-order valence-corrected chi connectivity index (χ0v) is 38.7. The monoisotopic (exact) mass is 892 g/mol. The second-order valence-corrected chi connectivity index (χ2v) is 19.0. The van der Waals surface area contributed by atoms with Crippen molar-refractivity contribution < 1.29 is 19.5 Å². The molecule has 1 unspecified atom stereocenters. The van der Waals surface area contributed by atoms with Gasteiger partial charge in [-0.3, -0.25) is 24.4 Å². The van der Waals surface area contributed by atoms with E-state index in [0.29, 0.717) is 102 Å². The van der Waals surface area contributed by atoms with Gasteiger partial charge in [0.1, 0.15) is 0 Å². The number of carbonyl (C=O) groups excluding carboxylic acids is 3. The van der Waals surface area contributed by atoms with Gasteiger partial charge in [0.25, 0.3) is 5.91 Å². The molecule has 3 aromatic rings. The minimum atomic E-state index is -1.24. The fourth-order valence-electron chi connectivity index (χ4n) is 6.05. The molecule has 0 aliphatic rings. The summed E-state index contributed by atoms with van der Waals surface area (Å²) < 4.78 is 0. The average molecular weight is 893 g/mol.